The molecule has 0 saturated carbocycles. The molecule has 0 atom stereocenters. The van der Waals surface area contributed by atoms with Crippen LogP contribution >= 0.6 is 11.3 Å². The number of carboxylic acid groups (broad SMARTS) is 1. The average molecular weight is 381 g/mol. The van der Waals surface area contributed by atoms with Gasteiger partial charge in [-0.05, 0) is 54.2 Å². The van der Waals surface area contributed by atoms with Crippen LogP contribution in [0, 0.1) is 6.92 Å². The zero-order valence-electron chi connectivity index (χ0n) is 15.5. The van der Waals surface area contributed by atoms with E-state index in [2.05, 4.69) is 48.7 Å². The summed E-state index contributed by atoms with van der Waals surface area (Å²) in [4.78, 5) is 13.7. The van der Waals surface area contributed by atoms with Crippen LogP contribution in [-0.4, -0.2) is 42.7 Å². The third-order valence-electron chi connectivity index (χ3n) is 4.36. The summed E-state index contributed by atoms with van der Waals surface area (Å²) in [7, 11) is 1.78. The molecule has 0 aliphatic carbocycles. The molecule has 0 bridgehead atoms. The lowest BCUT2D eigenvalue weighted by atomic mass is 9.98. The lowest BCUT2D eigenvalue weighted by molar-refractivity contribution is -0.138. The van der Waals surface area contributed by atoms with Gasteiger partial charge in [0.05, 0.1) is 6.54 Å². The molecule has 1 heterocycles. The van der Waals surface area contributed by atoms with E-state index in [1.807, 2.05) is 18.2 Å². The van der Waals surface area contributed by atoms with Crippen molar-refractivity contribution in [3.8, 4) is 27.3 Å². The molecule has 0 fully saturated rings. The molecule has 5 heteroatoms. The van der Waals surface area contributed by atoms with Gasteiger partial charge in [0.15, 0.2) is 0 Å². The molecule has 1 N–H and O–H groups in total. The van der Waals surface area contributed by atoms with Gasteiger partial charge < -0.3 is 9.84 Å². The van der Waals surface area contributed by atoms with Crippen molar-refractivity contribution >= 4 is 17.3 Å². The van der Waals surface area contributed by atoms with Crippen molar-refractivity contribution in [1.82, 2.24) is 4.90 Å². The smallest absolute Gasteiger partial charge is 0.317 e. The highest BCUT2D eigenvalue weighted by atomic mass is 32.1. The summed E-state index contributed by atoms with van der Waals surface area (Å²) >= 11 is 1.68. The van der Waals surface area contributed by atoms with Crippen LogP contribution in [0.25, 0.3) is 21.6 Å². The average Bonchev–Trinajstić information content (AvgIpc) is 3.16. The van der Waals surface area contributed by atoms with Gasteiger partial charge in [0.2, 0.25) is 0 Å². The maximum absolute atomic E-state index is 10.8. The second-order valence-electron chi connectivity index (χ2n) is 6.48. The van der Waals surface area contributed by atoms with Gasteiger partial charge in [-0.15, -0.1) is 11.3 Å². The van der Waals surface area contributed by atoms with E-state index >= 15 is 0 Å². The summed E-state index contributed by atoms with van der Waals surface area (Å²) < 4.78 is 6.01. The van der Waals surface area contributed by atoms with E-state index in [1.165, 1.54) is 11.1 Å². The highest BCUT2D eigenvalue weighted by Crippen LogP contribution is 2.37. The Morgan fingerprint density at radius 2 is 1.93 bits per heavy atom. The summed E-state index contributed by atoms with van der Waals surface area (Å²) in [6, 6.07) is 18.7. The molecule has 140 valence electrons. The van der Waals surface area contributed by atoms with Crippen molar-refractivity contribution in [2.24, 2.45) is 0 Å². The van der Waals surface area contributed by atoms with Gasteiger partial charge in [0.1, 0.15) is 12.4 Å². The molecule has 3 aromatic rings. The Kier molecular flexibility index (Phi) is 6.27. The van der Waals surface area contributed by atoms with Gasteiger partial charge in [-0.2, -0.15) is 0 Å². The molecular formula is C22H23NO3S. The predicted molar refractivity (Wildman–Crippen MR) is 111 cm³/mol. The van der Waals surface area contributed by atoms with Crippen LogP contribution in [-0.2, 0) is 4.79 Å². The van der Waals surface area contributed by atoms with E-state index in [9.17, 15) is 4.79 Å². The molecule has 3 rings (SSSR count). The molecule has 0 spiro atoms. The van der Waals surface area contributed by atoms with Crippen molar-refractivity contribution in [1.29, 1.82) is 0 Å². The molecule has 2 aromatic carbocycles. The number of ether oxygens (including phenoxy) is 1. The number of likely N-dealkylation sites (N-methyl/N-ethyl adjacent to an activating group) is 1. The van der Waals surface area contributed by atoms with Gasteiger partial charge in [-0.1, -0.05) is 36.4 Å². The standard InChI is InChI=1S/C22H23NO3S/c1-16-6-3-4-7-18(16)17-9-10-20(19(14-17)21-8-5-13-27-21)26-12-11-23(2)15-22(24)25/h3-10,13-14H,11-12,15H2,1-2H3,(H,24,25). The van der Waals surface area contributed by atoms with Gasteiger partial charge in [0, 0.05) is 17.0 Å². The Morgan fingerprint density at radius 3 is 2.63 bits per heavy atom. The van der Waals surface area contributed by atoms with Gasteiger partial charge in [-0.25, -0.2) is 0 Å². The van der Waals surface area contributed by atoms with Crippen LogP contribution in [0.5, 0.6) is 5.75 Å². The Bertz CT molecular complexity index is 906. The van der Waals surface area contributed by atoms with Crippen LogP contribution in [0.15, 0.2) is 60.0 Å². The first kappa shape index (κ1) is 19.1. The maximum atomic E-state index is 10.8. The minimum atomic E-state index is -0.834. The molecule has 0 radical (unpaired) electrons. The van der Waals surface area contributed by atoms with Crippen LogP contribution in [0.3, 0.4) is 0 Å². The second-order valence-corrected chi connectivity index (χ2v) is 7.43. The second kappa shape index (κ2) is 8.84. The first-order chi connectivity index (χ1) is 13.0. The van der Waals surface area contributed by atoms with Gasteiger partial charge in [-0.3, -0.25) is 9.69 Å². The fourth-order valence-corrected chi connectivity index (χ4v) is 3.71. The fraction of sp³-hybridized carbons (Fsp3) is 0.227. The number of hydrogen-bond acceptors (Lipinski definition) is 4. The van der Waals surface area contributed by atoms with Crippen LogP contribution in [0.2, 0.25) is 0 Å². The SMILES string of the molecule is Cc1ccccc1-c1ccc(OCCN(C)CC(=O)O)c(-c2cccs2)c1. The minimum Gasteiger partial charge on any atom is -0.492 e. The van der Waals surface area contributed by atoms with Crippen molar-refractivity contribution in [2.45, 2.75) is 6.92 Å². The lowest BCUT2D eigenvalue weighted by Crippen LogP contribution is -2.29. The van der Waals surface area contributed by atoms with E-state index in [0.29, 0.717) is 13.2 Å². The monoisotopic (exact) mass is 381 g/mol. The van der Waals surface area contributed by atoms with Crippen molar-refractivity contribution in [3.05, 3.63) is 65.5 Å². The normalized spacial score (nSPS) is 10.9. The molecule has 4 nitrogen and oxygen atoms in total. The number of carboxylic acids is 1. The predicted octanol–water partition coefficient (Wildman–Crippen LogP) is 4.79. The first-order valence-corrected chi connectivity index (χ1v) is 9.69. The molecule has 1 aromatic heterocycles. The van der Waals surface area contributed by atoms with E-state index < -0.39 is 5.97 Å². The summed E-state index contributed by atoms with van der Waals surface area (Å²) in [5.41, 5.74) is 4.67. The number of thiophene rings is 1. The highest BCUT2D eigenvalue weighted by molar-refractivity contribution is 7.13. The number of carbonyl (C=O) groups is 1. The van der Waals surface area contributed by atoms with Crippen molar-refractivity contribution < 1.29 is 14.6 Å². The number of aliphatic carboxylic acids is 1. The van der Waals surface area contributed by atoms with E-state index in [0.717, 1.165) is 21.8 Å². The zero-order chi connectivity index (χ0) is 19.2. The Hall–Kier alpha value is -2.63. The molecule has 0 saturated heterocycles. The molecule has 0 amide bonds. The van der Waals surface area contributed by atoms with Crippen molar-refractivity contribution in [3.63, 3.8) is 0 Å². The molecular weight excluding hydrogens is 358 g/mol. The number of benzene rings is 2. The minimum absolute atomic E-state index is 0.00731. The summed E-state index contributed by atoms with van der Waals surface area (Å²) in [5.74, 6) is -0.0159. The van der Waals surface area contributed by atoms with Crippen molar-refractivity contribution in [2.75, 3.05) is 26.7 Å². The topological polar surface area (TPSA) is 49.8 Å². The summed E-state index contributed by atoms with van der Waals surface area (Å²) in [6.07, 6.45) is 0. The van der Waals surface area contributed by atoms with Gasteiger partial charge in [0.25, 0.3) is 0 Å². The fourth-order valence-electron chi connectivity index (χ4n) is 2.97. The first-order valence-electron chi connectivity index (χ1n) is 8.81. The number of aryl methyl sites for hydroxylation is 1. The highest BCUT2D eigenvalue weighted by Gasteiger charge is 2.12. The third-order valence-corrected chi connectivity index (χ3v) is 5.26. The summed E-state index contributed by atoms with van der Waals surface area (Å²) in [6.45, 7) is 3.11. The zero-order valence-corrected chi connectivity index (χ0v) is 16.3. The maximum Gasteiger partial charge on any atom is 0.317 e. The number of rotatable bonds is 8. The van der Waals surface area contributed by atoms with Crippen LogP contribution in [0.4, 0.5) is 0 Å². The van der Waals surface area contributed by atoms with E-state index in [-0.39, 0.29) is 6.54 Å². The Labute approximate surface area is 163 Å². The summed E-state index contributed by atoms with van der Waals surface area (Å²) in [5, 5.41) is 10.9. The van der Waals surface area contributed by atoms with Crippen LogP contribution in [0.1, 0.15) is 5.56 Å². The van der Waals surface area contributed by atoms with E-state index in [4.69, 9.17) is 9.84 Å². The largest absolute Gasteiger partial charge is 0.492 e. The van der Waals surface area contributed by atoms with Gasteiger partial charge >= 0.3 is 5.97 Å². The van der Waals surface area contributed by atoms with Crippen LogP contribution < -0.4 is 4.74 Å². The molecule has 0 aliphatic rings. The molecule has 27 heavy (non-hydrogen) atoms. The molecule has 0 aliphatic heterocycles. The molecule has 0 unspecified atom stereocenters. The number of nitrogens with zero attached hydrogens (tertiary/aromatic N) is 1. The van der Waals surface area contributed by atoms with E-state index in [1.54, 1.807) is 23.3 Å². The Balaban J connectivity index is 1.84. The Morgan fingerprint density at radius 1 is 1.11 bits per heavy atom. The number of hydrogen-bond donors (Lipinski definition) is 1. The quantitative estimate of drug-likeness (QED) is 0.610. The lowest BCUT2D eigenvalue weighted by Gasteiger charge is -2.17. The third kappa shape index (κ3) is 4.96.